The minimum Gasteiger partial charge on any atom is -0.507 e. The maximum absolute atomic E-state index is 14.8. The van der Waals surface area contributed by atoms with Crippen LogP contribution in [0.5, 0.6) is 17.2 Å². The summed E-state index contributed by atoms with van der Waals surface area (Å²) < 4.78 is 30.9. The fourth-order valence-electron chi connectivity index (χ4n) is 3.23. The van der Waals surface area contributed by atoms with Gasteiger partial charge in [0.25, 0.3) is 0 Å². The third kappa shape index (κ3) is 7.89. The second kappa shape index (κ2) is 11.6. The molecule has 1 amide bonds. The molecule has 0 fully saturated rings. The first-order valence-electron chi connectivity index (χ1n) is 11.2. The summed E-state index contributed by atoms with van der Waals surface area (Å²) in [7, 11) is 1.61. The van der Waals surface area contributed by atoms with E-state index in [1.54, 1.807) is 58.2 Å². The highest BCUT2D eigenvalue weighted by atomic mass is 19.1. The molecule has 3 aromatic carbocycles. The molecular weight excluding hydrogens is 451 g/mol. The average molecular weight is 483 g/mol. The van der Waals surface area contributed by atoms with Crippen LogP contribution in [0.3, 0.4) is 0 Å². The molecule has 7 nitrogen and oxygen atoms in total. The number of amides is 1. The van der Waals surface area contributed by atoms with Crippen molar-refractivity contribution >= 4 is 11.8 Å². The second-order valence-corrected chi connectivity index (χ2v) is 8.94. The highest BCUT2D eigenvalue weighted by Gasteiger charge is 2.18. The Morgan fingerprint density at radius 2 is 1.66 bits per heavy atom. The standard InChI is InChI=1S/C27H31FN2O5/c1-27(2,3)35-26(32)30-23-7-5-6-20(25(23)28)16-29-15-19-10-13-22(14-24(19)31)34-17-18-8-11-21(33-4)12-9-18/h5-14,29,31H,15-17H2,1-4H3,(H,30,32). The number of carbonyl (C=O) groups is 1. The van der Waals surface area contributed by atoms with Crippen molar-refractivity contribution in [2.75, 3.05) is 12.4 Å². The van der Waals surface area contributed by atoms with Crippen LogP contribution in [0.25, 0.3) is 0 Å². The van der Waals surface area contributed by atoms with E-state index in [-0.39, 0.29) is 18.0 Å². The molecule has 0 aromatic heterocycles. The Kier molecular flexibility index (Phi) is 8.54. The van der Waals surface area contributed by atoms with Crippen molar-refractivity contribution < 1.29 is 28.5 Å². The topological polar surface area (TPSA) is 89.1 Å². The zero-order valence-corrected chi connectivity index (χ0v) is 20.4. The van der Waals surface area contributed by atoms with E-state index in [4.69, 9.17) is 14.2 Å². The number of halogens is 1. The lowest BCUT2D eigenvalue weighted by molar-refractivity contribution is 0.0635. The van der Waals surface area contributed by atoms with E-state index in [1.165, 1.54) is 6.07 Å². The van der Waals surface area contributed by atoms with Crippen molar-refractivity contribution in [1.29, 1.82) is 0 Å². The number of nitrogens with one attached hydrogen (secondary N) is 2. The number of anilines is 1. The van der Waals surface area contributed by atoms with Crippen molar-refractivity contribution in [3.63, 3.8) is 0 Å². The number of aromatic hydroxyl groups is 1. The smallest absolute Gasteiger partial charge is 0.412 e. The SMILES string of the molecule is COc1ccc(COc2ccc(CNCc3cccc(NC(=O)OC(C)(C)C)c3F)c(O)c2)cc1. The van der Waals surface area contributed by atoms with Gasteiger partial charge in [-0.25, -0.2) is 9.18 Å². The third-order valence-corrected chi connectivity index (χ3v) is 4.97. The highest BCUT2D eigenvalue weighted by Crippen LogP contribution is 2.25. The van der Waals surface area contributed by atoms with E-state index in [0.29, 0.717) is 30.0 Å². The molecule has 0 aliphatic carbocycles. The van der Waals surface area contributed by atoms with Crippen LogP contribution < -0.4 is 20.1 Å². The number of methoxy groups -OCH3 is 1. The van der Waals surface area contributed by atoms with Gasteiger partial charge in [0.1, 0.15) is 29.5 Å². The minimum atomic E-state index is -0.722. The molecule has 0 atom stereocenters. The molecular formula is C27H31FN2O5. The number of hydrogen-bond acceptors (Lipinski definition) is 6. The largest absolute Gasteiger partial charge is 0.507 e. The molecule has 0 saturated heterocycles. The fraction of sp³-hybridized carbons (Fsp3) is 0.296. The van der Waals surface area contributed by atoms with Gasteiger partial charge in [-0.2, -0.15) is 0 Å². The number of phenols is 1. The van der Waals surface area contributed by atoms with Gasteiger partial charge in [0.2, 0.25) is 0 Å². The van der Waals surface area contributed by atoms with Gasteiger partial charge >= 0.3 is 6.09 Å². The Morgan fingerprint density at radius 3 is 2.31 bits per heavy atom. The zero-order valence-electron chi connectivity index (χ0n) is 20.4. The van der Waals surface area contributed by atoms with Crippen LogP contribution in [-0.2, 0) is 24.4 Å². The summed E-state index contributed by atoms with van der Waals surface area (Å²) in [6.45, 7) is 6.07. The van der Waals surface area contributed by atoms with E-state index in [1.807, 2.05) is 24.3 Å². The van der Waals surface area contributed by atoms with Crippen LogP contribution in [0.2, 0.25) is 0 Å². The first-order valence-corrected chi connectivity index (χ1v) is 11.2. The molecule has 35 heavy (non-hydrogen) atoms. The molecule has 0 radical (unpaired) electrons. The van der Waals surface area contributed by atoms with Crippen LogP contribution in [0.4, 0.5) is 14.9 Å². The molecule has 3 N–H and O–H groups in total. The molecule has 0 aliphatic rings. The van der Waals surface area contributed by atoms with Crippen molar-refractivity contribution in [2.24, 2.45) is 0 Å². The summed E-state index contributed by atoms with van der Waals surface area (Å²) in [4.78, 5) is 12.0. The normalized spacial score (nSPS) is 11.1. The Bertz CT molecular complexity index is 1140. The van der Waals surface area contributed by atoms with Crippen molar-refractivity contribution in [3.05, 3.63) is 83.2 Å². The molecule has 8 heteroatoms. The monoisotopic (exact) mass is 482 g/mol. The van der Waals surface area contributed by atoms with Gasteiger partial charge in [-0.15, -0.1) is 0 Å². The summed E-state index contributed by atoms with van der Waals surface area (Å²) in [6, 6.07) is 17.4. The first kappa shape index (κ1) is 25.8. The van der Waals surface area contributed by atoms with Crippen molar-refractivity contribution in [1.82, 2.24) is 5.32 Å². The summed E-state index contributed by atoms with van der Waals surface area (Å²) in [5.41, 5.74) is 1.35. The molecule has 0 spiro atoms. The maximum Gasteiger partial charge on any atom is 0.412 e. The minimum absolute atomic E-state index is 0.0414. The van der Waals surface area contributed by atoms with Crippen LogP contribution in [0.15, 0.2) is 60.7 Å². The molecule has 0 saturated carbocycles. The van der Waals surface area contributed by atoms with Crippen molar-refractivity contribution in [2.45, 2.75) is 46.1 Å². The lowest BCUT2D eigenvalue weighted by Crippen LogP contribution is -2.27. The number of ether oxygens (including phenoxy) is 3. The quantitative estimate of drug-likeness (QED) is 0.360. The number of hydrogen-bond donors (Lipinski definition) is 3. The Morgan fingerprint density at radius 1 is 0.971 bits per heavy atom. The van der Waals surface area contributed by atoms with E-state index in [2.05, 4.69) is 10.6 Å². The highest BCUT2D eigenvalue weighted by molar-refractivity contribution is 5.85. The number of rotatable bonds is 9. The number of phenolic OH excluding ortho intramolecular Hbond substituents is 1. The van der Waals surface area contributed by atoms with E-state index in [9.17, 15) is 14.3 Å². The average Bonchev–Trinajstić information content (AvgIpc) is 2.80. The molecule has 0 unspecified atom stereocenters. The molecule has 0 bridgehead atoms. The summed E-state index contributed by atoms with van der Waals surface area (Å²) >= 11 is 0. The predicted molar refractivity (Wildman–Crippen MR) is 132 cm³/mol. The second-order valence-electron chi connectivity index (χ2n) is 8.94. The van der Waals surface area contributed by atoms with Gasteiger partial charge in [-0.1, -0.05) is 30.3 Å². The van der Waals surface area contributed by atoms with Crippen LogP contribution in [-0.4, -0.2) is 23.9 Å². The molecule has 0 heterocycles. The summed E-state index contributed by atoms with van der Waals surface area (Å²) in [6.07, 6.45) is -0.722. The molecule has 3 aromatic rings. The van der Waals surface area contributed by atoms with E-state index in [0.717, 1.165) is 11.3 Å². The Labute approximate surface area is 204 Å². The molecule has 3 rings (SSSR count). The Balaban J connectivity index is 1.53. The fourth-order valence-corrected chi connectivity index (χ4v) is 3.23. The predicted octanol–water partition coefficient (Wildman–Crippen LogP) is 5.76. The lowest BCUT2D eigenvalue weighted by atomic mass is 10.1. The molecule has 0 aliphatic heterocycles. The zero-order chi connectivity index (χ0) is 25.4. The van der Waals surface area contributed by atoms with Gasteiger partial charge in [-0.3, -0.25) is 5.32 Å². The van der Waals surface area contributed by atoms with Gasteiger partial charge in [0.15, 0.2) is 5.82 Å². The van der Waals surface area contributed by atoms with Gasteiger partial charge in [0, 0.05) is 30.3 Å². The van der Waals surface area contributed by atoms with E-state index >= 15 is 0 Å². The number of benzene rings is 3. The maximum atomic E-state index is 14.8. The van der Waals surface area contributed by atoms with Crippen LogP contribution in [0.1, 0.15) is 37.5 Å². The third-order valence-electron chi connectivity index (χ3n) is 4.97. The van der Waals surface area contributed by atoms with Gasteiger partial charge < -0.3 is 24.6 Å². The van der Waals surface area contributed by atoms with Crippen molar-refractivity contribution in [3.8, 4) is 17.2 Å². The van der Waals surface area contributed by atoms with Gasteiger partial charge in [0.05, 0.1) is 12.8 Å². The lowest BCUT2D eigenvalue weighted by Gasteiger charge is -2.20. The first-order chi connectivity index (χ1) is 16.6. The van der Waals surface area contributed by atoms with E-state index < -0.39 is 17.5 Å². The van der Waals surface area contributed by atoms with Crippen LogP contribution in [0, 0.1) is 5.82 Å². The van der Waals surface area contributed by atoms with Crippen LogP contribution >= 0.6 is 0 Å². The molecule has 186 valence electrons. The summed E-state index contributed by atoms with van der Waals surface area (Å²) in [5.74, 6) is 0.839. The Hall–Kier alpha value is -3.78. The van der Waals surface area contributed by atoms with Gasteiger partial charge in [-0.05, 0) is 50.6 Å². The summed E-state index contributed by atoms with van der Waals surface area (Å²) in [5, 5.41) is 15.9. The number of carbonyl (C=O) groups excluding carboxylic acids is 1.